The van der Waals surface area contributed by atoms with Crippen LogP contribution >= 0.6 is 0 Å². The van der Waals surface area contributed by atoms with E-state index in [0.717, 1.165) is 10.1 Å². The average molecular weight is 517 g/mol. The second-order valence-electron chi connectivity index (χ2n) is 8.83. The van der Waals surface area contributed by atoms with Crippen LogP contribution in [0.3, 0.4) is 0 Å². The average Bonchev–Trinajstić information content (AvgIpc) is 3.40. The molecule has 1 aromatic heterocycles. The predicted octanol–water partition coefficient (Wildman–Crippen LogP) is 2.95. The SMILES string of the molecule is O=C(CCCn1c(=O)c2ccccc2n(Cc2ccc([N+](=O)[O-])cc2)c1=O)NCc1ccc2c(c1)OCO2. The lowest BCUT2D eigenvalue weighted by molar-refractivity contribution is -0.384. The van der Waals surface area contributed by atoms with Gasteiger partial charge in [0, 0.05) is 31.6 Å². The lowest BCUT2D eigenvalue weighted by atomic mass is 10.2. The fraction of sp³-hybridized carbons (Fsp3) is 0.222. The maximum Gasteiger partial charge on any atom is 0.331 e. The van der Waals surface area contributed by atoms with E-state index in [1.54, 1.807) is 42.5 Å². The summed E-state index contributed by atoms with van der Waals surface area (Å²) in [6.07, 6.45) is 0.420. The number of hydrogen-bond donors (Lipinski definition) is 1. The highest BCUT2D eigenvalue weighted by atomic mass is 16.7. The van der Waals surface area contributed by atoms with Crippen LogP contribution in [0.15, 0.2) is 76.3 Å². The highest BCUT2D eigenvalue weighted by Gasteiger charge is 2.16. The van der Waals surface area contributed by atoms with Gasteiger partial charge in [-0.1, -0.05) is 30.3 Å². The number of amides is 1. The van der Waals surface area contributed by atoms with Crippen molar-refractivity contribution in [1.82, 2.24) is 14.5 Å². The molecule has 0 radical (unpaired) electrons. The minimum atomic E-state index is -0.507. The lowest BCUT2D eigenvalue weighted by Crippen LogP contribution is -2.40. The first-order valence-corrected chi connectivity index (χ1v) is 12.0. The van der Waals surface area contributed by atoms with E-state index in [1.165, 1.54) is 16.7 Å². The van der Waals surface area contributed by atoms with Gasteiger partial charge in [-0.25, -0.2) is 4.79 Å². The maximum atomic E-state index is 13.4. The Labute approximate surface area is 216 Å². The van der Waals surface area contributed by atoms with Crippen LogP contribution in [0.25, 0.3) is 10.9 Å². The minimum absolute atomic E-state index is 0.0484. The van der Waals surface area contributed by atoms with Crippen LogP contribution < -0.4 is 26.0 Å². The number of nitrogens with zero attached hydrogens (tertiary/aromatic N) is 3. The molecule has 5 rings (SSSR count). The van der Waals surface area contributed by atoms with Gasteiger partial charge < -0.3 is 14.8 Å². The summed E-state index contributed by atoms with van der Waals surface area (Å²) < 4.78 is 13.2. The van der Waals surface area contributed by atoms with E-state index < -0.39 is 16.2 Å². The van der Waals surface area contributed by atoms with Crippen LogP contribution in [0.1, 0.15) is 24.0 Å². The van der Waals surface area contributed by atoms with Crippen LogP contribution in [0.4, 0.5) is 5.69 Å². The minimum Gasteiger partial charge on any atom is -0.454 e. The van der Waals surface area contributed by atoms with Gasteiger partial charge in [-0.2, -0.15) is 0 Å². The molecule has 1 amide bonds. The summed E-state index contributed by atoms with van der Waals surface area (Å²) in [5.41, 5.74) is 1.03. The number of fused-ring (bicyclic) bond motifs is 2. The van der Waals surface area contributed by atoms with Gasteiger partial charge >= 0.3 is 5.69 Å². The second-order valence-corrected chi connectivity index (χ2v) is 8.83. The van der Waals surface area contributed by atoms with E-state index >= 15 is 0 Å². The van der Waals surface area contributed by atoms with Gasteiger partial charge in [-0.05, 0) is 41.8 Å². The molecule has 2 heterocycles. The Morgan fingerprint density at radius 1 is 0.947 bits per heavy atom. The summed E-state index contributed by atoms with van der Waals surface area (Å²) in [4.78, 5) is 49.4. The van der Waals surface area contributed by atoms with E-state index in [1.807, 2.05) is 12.1 Å². The topological polar surface area (TPSA) is 135 Å². The Balaban J connectivity index is 1.29. The summed E-state index contributed by atoms with van der Waals surface area (Å²) in [5.74, 6) is 1.10. The van der Waals surface area contributed by atoms with Crippen molar-refractivity contribution in [2.24, 2.45) is 0 Å². The summed E-state index contributed by atoms with van der Waals surface area (Å²) in [5, 5.41) is 14.2. The van der Waals surface area contributed by atoms with E-state index in [-0.39, 0.29) is 44.3 Å². The van der Waals surface area contributed by atoms with Gasteiger partial charge in [-0.3, -0.25) is 28.8 Å². The van der Waals surface area contributed by atoms with Crippen LogP contribution in [0.2, 0.25) is 0 Å². The number of hydrogen-bond acceptors (Lipinski definition) is 7. The third kappa shape index (κ3) is 5.12. The quantitative estimate of drug-likeness (QED) is 0.267. The molecule has 3 aromatic carbocycles. The van der Waals surface area contributed by atoms with E-state index in [4.69, 9.17) is 9.47 Å². The van der Waals surface area contributed by atoms with Crippen molar-refractivity contribution in [3.05, 3.63) is 109 Å². The first-order chi connectivity index (χ1) is 18.4. The van der Waals surface area contributed by atoms with Crippen molar-refractivity contribution >= 4 is 22.5 Å². The van der Waals surface area contributed by atoms with E-state index in [2.05, 4.69) is 5.32 Å². The number of nitro groups is 1. The molecule has 1 aliphatic rings. The van der Waals surface area contributed by atoms with Crippen molar-refractivity contribution in [1.29, 1.82) is 0 Å². The van der Waals surface area contributed by atoms with Gasteiger partial charge in [0.15, 0.2) is 11.5 Å². The Morgan fingerprint density at radius 2 is 1.68 bits per heavy atom. The van der Waals surface area contributed by atoms with Crippen molar-refractivity contribution in [3.8, 4) is 11.5 Å². The summed E-state index contributed by atoms with van der Waals surface area (Å²) >= 11 is 0. The molecule has 0 unspecified atom stereocenters. The van der Waals surface area contributed by atoms with E-state index in [0.29, 0.717) is 34.5 Å². The van der Waals surface area contributed by atoms with Crippen molar-refractivity contribution in [2.75, 3.05) is 6.79 Å². The molecule has 38 heavy (non-hydrogen) atoms. The highest BCUT2D eigenvalue weighted by molar-refractivity contribution is 5.78. The third-order valence-electron chi connectivity index (χ3n) is 6.33. The van der Waals surface area contributed by atoms with Crippen molar-refractivity contribution in [2.45, 2.75) is 32.5 Å². The molecular formula is C27H24N4O7. The molecule has 0 saturated carbocycles. The second kappa shape index (κ2) is 10.6. The Bertz CT molecular complexity index is 1640. The van der Waals surface area contributed by atoms with E-state index in [9.17, 15) is 24.5 Å². The number of carbonyl (C=O) groups is 1. The standard InChI is InChI=1S/C27H24N4O7/c32-25(28-15-19-9-12-23-24(14-19)38-17-37-23)6-3-13-29-26(33)21-4-1-2-5-22(21)30(27(29)34)16-18-7-10-20(11-8-18)31(35)36/h1-2,4-5,7-12,14H,3,6,13,15-17H2,(H,28,32). The third-order valence-corrected chi connectivity index (χ3v) is 6.33. The number of aromatic nitrogens is 2. The van der Waals surface area contributed by atoms with Gasteiger partial charge in [0.2, 0.25) is 12.7 Å². The molecule has 0 aliphatic carbocycles. The zero-order valence-corrected chi connectivity index (χ0v) is 20.3. The Kier molecular flexibility index (Phi) is 6.90. The molecule has 0 fully saturated rings. The monoisotopic (exact) mass is 516 g/mol. The van der Waals surface area contributed by atoms with Crippen LogP contribution in [-0.4, -0.2) is 26.8 Å². The number of carbonyl (C=O) groups excluding carboxylic acids is 1. The molecule has 1 N–H and O–H groups in total. The van der Waals surface area contributed by atoms with Gasteiger partial charge in [0.25, 0.3) is 11.2 Å². The lowest BCUT2D eigenvalue weighted by Gasteiger charge is -2.14. The molecule has 194 valence electrons. The number of non-ortho nitro benzene ring substituents is 1. The molecule has 11 heteroatoms. The number of benzene rings is 3. The molecular weight excluding hydrogens is 492 g/mol. The zero-order valence-electron chi connectivity index (χ0n) is 20.3. The maximum absolute atomic E-state index is 13.4. The van der Waals surface area contributed by atoms with Crippen LogP contribution in [0.5, 0.6) is 11.5 Å². The summed E-state index contributed by atoms with van der Waals surface area (Å²) in [7, 11) is 0. The number of nitrogens with one attached hydrogen (secondary N) is 1. The fourth-order valence-electron chi connectivity index (χ4n) is 4.36. The molecule has 1 aliphatic heterocycles. The number of para-hydroxylation sites is 1. The molecule has 0 bridgehead atoms. The van der Waals surface area contributed by atoms with Gasteiger partial charge in [0.1, 0.15) is 0 Å². The smallest absolute Gasteiger partial charge is 0.331 e. The first-order valence-electron chi connectivity index (χ1n) is 12.0. The number of rotatable bonds is 9. The molecule has 11 nitrogen and oxygen atoms in total. The predicted molar refractivity (Wildman–Crippen MR) is 138 cm³/mol. The molecule has 0 atom stereocenters. The number of ether oxygens (including phenoxy) is 2. The van der Waals surface area contributed by atoms with Crippen LogP contribution in [0, 0.1) is 10.1 Å². The van der Waals surface area contributed by atoms with Gasteiger partial charge in [0.05, 0.1) is 22.4 Å². The first kappa shape index (κ1) is 24.8. The summed E-state index contributed by atoms with van der Waals surface area (Å²) in [6, 6.07) is 18.2. The van der Waals surface area contributed by atoms with Crippen molar-refractivity contribution in [3.63, 3.8) is 0 Å². The molecule has 0 spiro atoms. The number of nitro benzene ring substituents is 1. The summed E-state index contributed by atoms with van der Waals surface area (Å²) in [6.45, 7) is 0.691. The van der Waals surface area contributed by atoms with Crippen LogP contribution in [-0.2, 0) is 24.4 Å². The van der Waals surface area contributed by atoms with Crippen molar-refractivity contribution < 1.29 is 19.2 Å². The zero-order chi connectivity index (χ0) is 26.6. The molecule has 0 saturated heterocycles. The Hall–Kier alpha value is -4.93. The highest BCUT2D eigenvalue weighted by Crippen LogP contribution is 2.32. The largest absolute Gasteiger partial charge is 0.454 e. The fourth-order valence-corrected chi connectivity index (χ4v) is 4.36. The normalized spacial score (nSPS) is 12.0. The molecule has 4 aromatic rings. The van der Waals surface area contributed by atoms with Gasteiger partial charge in [-0.15, -0.1) is 0 Å². The Morgan fingerprint density at radius 3 is 2.47 bits per heavy atom.